The number of pyridine rings is 1. The lowest BCUT2D eigenvalue weighted by Crippen LogP contribution is -2.52. The Morgan fingerprint density at radius 1 is 1.62 bits per heavy atom. The van der Waals surface area contributed by atoms with Crippen molar-refractivity contribution in [1.82, 2.24) is 10.3 Å². The van der Waals surface area contributed by atoms with E-state index in [0.29, 0.717) is 12.3 Å². The summed E-state index contributed by atoms with van der Waals surface area (Å²) in [6.07, 6.45) is 1.69. The summed E-state index contributed by atoms with van der Waals surface area (Å²) in [5.41, 5.74) is 4.79. The van der Waals surface area contributed by atoms with Gasteiger partial charge in [-0.15, -0.1) is 0 Å². The Bertz CT molecular complexity index is 550. The van der Waals surface area contributed by atoms with Crippen LogP contribution in [0, 0.1) is 16.0 Å². The molecule has 0 bridgehead atoms. The molecule has 0 aliphatic heterocycles. The summed E-state index contributed by atoms with van der Waals surface area (Å²) >= 11 is 5.85. The first kappa shape index (κ1) is 17.3. The molecule has 0 aliphatic carbocycles. The van der Waals surface area contributed by atoms with Gasteiger partial charge in [-0.2, -0.15) is 0 Å². The second-order valence-electron chi connectivity index (χ2n) is 5.61. The van der Waals surface area contributed by atoms with E-state index >= 15 is 0 Å². The quantitative estimate of drug-likeness (QED) is 0.474. The number of aromatic nitrogens is 1. The van der Waals surface area contributed by atoms with E-state index in [0.717, 1.165) is 12.3 Å². The van der Waals surface area contributed by atoms with Crippen LogP contribution < -0.4 is 11.1 Å². The summed E-state index contributed by atoms with van der Waals surface area (Å²) in [6, 6.07) is 1.11. The van der Waals surface area contributed by atoms with Gasteiger partial charge in [0, 0.05) is 18.2 Å². The van der Waals surface area contributed by atoms with Crippen LogP contribution in [0.15, 0.2) is 12.3 Å². The van der Waals surface area contributed by atoms with E-state index in [2.05, 4.69) is 10.3 Å². The fourth-order valence-electron chi connectivity index (χ4n) is 2.12. The molecule has 1 unspecified atom stereocenters. The molecule has 0 radical (unpaired) electrons. The zero-order valence-corrected chi connectivity index (χ0v) is 13.0. The molecule has 1 aromatic rings. The van der Waals surface area contributed by atoms with Crippen molar-refractivity contribution >= 4 is 23.2 Å². The van der Waals surface area contributed by atoms with Gasteiger partial charge in [-0.25, -0.2) is 4.98 Å². The fraction of sp³-hybridized carbons (Fsp3) is 0.538. The average Bonchev–Trinajstić information content (AvgIpc) is 2.37. The van der Waals surface area contributed by atoms with Crippen LogP contribution in [-0.2, 0) is 0 Å². The summed E-state index contributed by atoms with van der Waals surface area (Å²) < 4.78 is 0. The molecule has 1 amide bonds. The first-order chi connectivity index (χ1) is 9.68. The summed E-state index contributed by atoms with van der Waals surface area (Å²) in [4.78, 5) is 26.1. The van der Waals surface area contributed by atoms with Crippen molar-refractivity contribution in [3.8, 4) is 0 Å². The van der Waals surface area contributed by atoms with E-state index < -0.39 is 16.4 Å². The Hall–Kier alpha value is -1.73. The molecule has 0 aromatic carbocycles. The Balaban J connectivity index is 3.03. The van der Waals surface area contributed by atoms with E-state index in [-0.39, 0.29) is 22.9 Å². The largest absolute Gasteiger partial charge is 0.345 e. The standard InChI is InChI=1S/C13H19ClN4O3/c1-8(2)5-13(3,7-15)17-12(19)10-4-9(18(20)21)6-16-11(10)14/h4,6,8H,5,7,15H2,1-3H3,(H,17,19). The minimum absolute atomic E-state index is 0.0331. The summed E-state index contributed by atoms with van der Waals surface area (Å²) in [5.74, 6) is -0.192. The monoisotopic (exact) mass is 314 g/mol. The molecule has 21 heavy (non-hydrogen) atoms. The summed E-state index contributed by atoms with van der Waals surface area (Å²) in [6.45, 7) is 6.10. The predicted molar refractivity (Wildman–Crippen MR) is 80.3 cm³/mol. The molecule has 0 saturated heterocycles. The topological polar surface area (TPSA) is 111 Å². The Labute approximate surface area is 128 Å². The van der Waals surface area contributed by atoms with Gasteiger partial charge in [0.25, 0.3) is 11.6 Å². The van der Waals surface area contributed by atoms with Gasteiger partial charge in [-0.05, 0) is 19.3 Å². The van der Waals surface area contributed by atoms with Gasteiger partial charge in [0.15, 0.2) is 0 Å². The lowest BCUT2D eigenvalue weighted by Gasteiger charge is -2.31. The smallest absolute Gasteiger partial charge is 0.288 e. The second-order valence-corrected chi connectivity index (χ2v) is 5.96. The maximum absolute atomic E-state index is 12.3. The highest BCUT2D eigenvalue weighted by molar-refractivity contribution is 6.32. The van der Waals surface area contributed by atoms with Crippen LogP contribution in [0.5, 0.6) is 0 Å². The number of amides is 1. The highest BCUT2D eigenvalue weighted by atomic mass is 35.5. The van der Waals surface area contributed by atoms with Gasteiger partial charge < -0.3 is 11.1 Å². The molecule has 0 spiro atoms. The molecule has 8 heteroatoms. The number of nitrogens with zero attached hydrogens (tertiary/aromatic N) is 2. The molecule has 0 fully saturated rings. The van der Waals surface area contributed by atoms with Gasteiger partial charge in [0.2, 0.25) is 0 Å². The average molecular weight is 315 g/mol. The number of carbonyl (C=O) groups is 1. The minimum Gasteiger partial charge on any atom is -0.345 e. The van der Waals surface area contributed by atoms with Crippen LogP contribution in [0.2, 0.25) is 5.15 Å². The number of hydrogen-bond donors (Lipinski definition) is 2. The highest BCUT2D eigenvalue weighted by Crippen LogP contribution is 2.21. The van der Waals surface area contributed by atoms with Crippen LogP contribution >= 0.6 is 11.6 Å². The first-order valence-electron chi connectivity index (χ1n) is 6.51. The minimum atomic E-state index is -0.629. The van der Waals surface area contributed by atoms with E-state index in [4.69, 9.17) is 17.3 Å². The zero-order chi connectivity index (χ0) is 16.2. The molecular weight excluding hydrogens is 296 g/mol. The lowest BCUT2D eigenvalue weighted by atomic mass is 9.90. The van der Waals surface area contributed by atoms with Crippen LogP contribution in [0.25, 0.3) is 0 Å². The van der Waals surface area contributed by atoms with Crippen LogP contribution in [-0.4, -0.2) is 27.9 Å². The Morgan fingerprint density at radius 3 is 2.71 bits per heavy atom. The van der Waals surface area contributed by atoms with Crippen LogP contribution in [0.1, 0.15) is 37.6 Å². The van der Waals surface area contributed by atoms with E-state index in [1.54, 1.807) is 0 Å². The number of nitrogens with two attached hydrogens (primary N) is 1. The van der Waals surface area contributed by atoms with Crippen molar-refractivity contribution in [3.05, 3.63) is 33.1 Å². The fourth-order valence-corrected chi connectivity index (χ4v) is 2.31. The molecule has 1 aromatic heterocycles. The molecule has 1 heterocycles. The van der Waals surface area contributed by atoms with Crippen LogP contribution in [0.4, 0.5) is 5.69 Å². The van der Waals surface area contributed by atoms with E-state index in [9.17, 15) is 14.9 Å². The third-order valence-corrected chi connectivity index (χ3v) is 3.31. The van der Waals surface area contributed by atoms with Crippen molar-refractivity contribution < 1.29 is 9.72 Å². The molecule has 7 nitrogen and oxygen atoms in total. The molecule has 1 atom stereocenters. The maximum Gasteiger partial charge on any atom is 0.288 e. The first-order valence-corrected chi connectivity index (χ1v) is 6.89. The highest BCUT2D eigenvalue weighted by Gasteiger charge is 2.28. The van der Waals surface area contributed by atoms with Gasteiger partial charge in [0.1, 0.15) is 11.3 Å². The van der Waals surface area contributed by atoms with E-state index in [1.165, 1.54) is 0 Å². The molecule has 1 rings (SSSR count). The van der Waals surface area contributed by atoms with Gasteiger partial charge in [0.05, 0.1) is 10.5 Å². The number of halogens is 1. The number of hydrogen-bond acceptors (Lipinski definition) is 5. The van der Waals surface area contributed by atoms with Crippen LogP contribution in [0.3, 0.4) is 0 Å². The van der Waals surface area contributed by atoms with Crippen molar-refractivity contribution in [2.75, 3.05) is 6.54 Å². The number of nitro groups is 1. The number of carbonyl (C=O) groups excluding carboxylic acids is 1. The molecule has 116 valence electrons. The molecule has 0 aliphatic rings. The number of nitrogens with one attached hydrogen (secondary N) is 1. The molecule has 3 N–H and O–H groups in total. The van der Waals surface area contributed by atoms with Gasteiger partial charge in [-0.1, -0.05) is 25.4 Å². The SMILES string of the molecule is CC(C)CC(C)(CN)NC(=O)c1cc([N+](=O)[O-])cnc1Cl. The van der Waals surface area contributed by atoms with E-state index in [1.807, 2.05) is 20.8 Å². The Morgan fingerprint density at radius 2 is 2.24 bits per heavy atom. The number of rotatable bonds is 6. The molecule has 0 saturated carbocycles. The van der Waals surface area contributed by atoms with Crippen molar-refractivity contribution in [1.29, 1.82) is 0 Å². The van der Waals surface area contributed by atoms with Crippen molar-refractivity contribution in [2.45, 2.75) is 32.7 Å². The normalized spacial score (nSPS) is 13.8. The second kappa shape index (κ2) is 6.82. The predicted octanol–water partition coefficient (Wildman–Crippen LogP) is 2.14. The Kier molecular flexibility index (Phi) is 5.62. The van der Waals surface area contributed by atoms with Crippen molar-refractivity contribution in [3.63, 3.8) is 0 Å². The summed E-state index contributed by atoms with van der Waals surface area (Å²) in [7, 11) is 0. The van der Waals surface area contributed by atoms with Gasteiger partial charge in [-0.3, -0.25) is 14.9 Å². The lowest BCUT2D eigenvalue weighted by molar-refractivity contribution is -0.385. The van der Waals surface area contributed by atoms with Gasteiger partial charge >= 0.3 is 0 Å². The summed E-state index contributed by atoms with van der Waals surface area (Å²) in [5, 5.41) is 13.4. The third kappa shape index (κ3) is 4.64. The zero-order valence-electron chi connectivity index (χ0n) is 12.2. The molecular formula is C13H19ClN4O3. The maximum atomic E-state index is 12.3. The van der Waals surface area contributed by atoms with Crippen molar-refractivity contribution in [2.24, 2.45) is 11.7 Å². The third-order valence-electron chi connectivity index (χ3n) is 3.00.